The van der Waals surface area contributed by atoms with Crippen molar-refractivity contribution < 1.29 is 18.9 Å². The number of unbranched alkanes of at least 4 members (excludes halogenated alkanes) is 18. The molecule has 278 valence electrons. The zero-order valence-corrected chi connectivity index (χ0v) is 32.3. The van der Waals surface area contributed by atoms with Crippen LogP contribution in [0.15, 0.2) is 66.7 Å². The van der Waals surface area contributed by atoms with Crippen molar-refractivity contribution in [3.63, 3.8) is 0 Å². The van der Waals surface area contributed by atoms with E-state index in [1.165, 1.54) is 116 Å². The Hall–Kier alpha value is -2.85. The van der Waals surface area contributed by atoms with Crippen LogP contribution >= 0.6 is 11.6 Å². The van der Waals surface area contributed by atoms with Crippen molar-refractivity contribution in [3.05, 3.63) is 83.4 Å². The van der Waals surface area contributed by atoms with Crippen LogP contribution in [0.1, 0.15) is 159 Å². The van der Waals surface area contributed by atoms with Gasteiger partial charge in [-0.3, -0.25) is 0 Å². The first-order chi connectivity index (χ1) is 24.7. The predicted molar refractivity (Wildman–Crippen MR) is 212 cm³/mol. The molecular weight excluding hydrogens is 640 g/mol. The molecule has 4 nitrogen and oxygen atoms in total. The average molecular weight is 707 g/mol. The topological polar surface area (TPSA) is 36.9 Å². The monoisotopic (exact) mass is 706 g/mol. The quantitative estimate of drug-likeness (QED) is 0.0493. The van der Waals surface area contributed by atoms with E-state index in [2.05, 4.69) is 38.1 Å². The molecule has 0 saturated heterocycles. The summed E-state index contributed by atoms with van der Waals surface area (Å²) in [5.74, 6) is 3.64. The molecule has 0 atom stereocenters. The van der Waals surface area contributed by atoms with E-state index in [-0.39, 0.29) is 0 Å². The number of benzene rings is 3. The van der Waals surface area contributed by atoms with Gasteiger partial charge in [-0.1, -0.05) is 160 Å². The molecular formula is C45H67ClO4. The summed E-state index contributed by atoms with van der Waals surface area (Å²) in [6.07, 6.45) is 26.6. The largest absolute Gasteiger partial charge is 0.494 e. The molecule has 0 unspecified atom stereocenters. The molecule has 0 aliphatic heterocycles. The molecule has 0 spiro atoms. The summed E-state index contributed by atoms with van der Waals surface area (Å²) in [5.41, 5.74) is 3.15. The van der Waals surface area contributed by atoms with Gasteiger partial charge in [0.05, 0.1) is 13.2 Å². The van der Waals surface area contributed by atoms with Gasteiger partial charge in [0.2, 0.25) is 0 Å². The van der Waals surface area contributed by atoms with E-state index in [1.807, 2.05) is 42.5 Å². The van der Waals surface area contributed by atoms with E-state index in [1.54, 1.807) is 0 Å². The first-order valence-corrected chi connectivity index (χ1v) is 20.6. The molecule has 0 aromatic heterocycles. The number of rotatable bonds is 31. The Morgan fingerprint density at radius 2 is 0.740 bits per heavy atom. The summed E-state index contributed by atoms with van der Waals surface area (Å²) in [6.45, 7) is 6.98. The van der Waals surface area contributed by atoms with Crippen LogP contribution in [0.2, 0.25) is 0 Å². The highest BCUT2D eigenvalue weighted by Gasteiger charge is 2.09. The fourth-order valence-corrected chi connectivity index (χ4v) is 6.28. The molecule has 0 N–H and O–H groups in total. The van der Waals surface area contributed by atoms with Crippen LogP contribution in [0.25, 0.3) is 0 Å². The van der Waals surface area contributed by atoms with E-state index in [0.717, 1.165) is 54.2 Å². The van der Waals surface area contributed by atoms with E-state index in [0.29, 0.717) is 30.6 Å². The van der Waals surface area contributed by atoms with Gasteiger partial charge in [-0.05, 0) is 65.9 Å². The lowest BCUT2D eigenvalue weighted by Gasteiger charge is -2.15. The third-order valence-corrected chi connectivity index (χ3v) is 9.64. The van der Waals surface area contributed by atoms with Gasteiger partial charge in [0, 0.05) is 5.88 Å². The van der Waals surface area contributed by atoms with Crippen LogP contribution in [-0.2, 0) is 19.1 Å². The molecule has 0 aliphatic rings. The Morgan fingerprint density at radius 1 is 0.380 bits per heavy atom. The highest BCUT2D eigenvalue weighted by molar-refractivity contribution is 6.17. The minimum atomic E-state index is 0.419. The summed E-state index contributed by atoms with van der Waals surface area (Å²) in [4.78, 5) is 0. The van der Waals surface area contributed by atoms with Crippen LogP contribution in [0.4, 0.5) is 0 Å². The highest BCUT2D eigenvalue weighted by Crippen LogP contribution is 2.31. The summed E-state index contributed by atoms with van der Waals surface area (Å²) in [7, 11) is 0. The van der Waals surface area contributed by atoms with Crippen LogP contribution in [0, 0.1) is 0 Å². The molecule has 0 saturated carbocycles. The fourth-order valence-electron chi connectivity index (χ4n) is 6.11. The average Bonchev–Trinajstić information content (AvgIpc) is 3.15. The van der Waals surface area contributed by atoms with Gasteiger partial charge in [-0.2, -0.15) is 0 Å². The lowest BCUT2D eigenvalue weighted by molar-refractivity contribution is 0.255. The molecule has 5 heteroatoms. The van der Waals surface area contributed by atoms with Crippen molar-refractivity contribution >= 4 is 11.6 Å². The van der Waals surface area contributed by atoms with E-state index in [4.69, 9.17) is 30.5 Å². The van der Waals surface area contributed by atoms with Crippen molar-refractivity contribution in [2.24, 2.45) is 0 Å². The van der Waals surface area contributed by atoms with Gasteiger partial charge < -0.3 is 18.9 Å². The van der Waals surface area contributed by atoms with E-state index < -0.39 is 0 Å². The lowest BCUT2D eigenvalue weighted by atomic mass is 10.1. The fraction of sp³-hybridized carbons (Fsp3) is 0.600. The molecule has 50 heavy (non-hydrogen) atoms. The van der Waals surface area contributed by atoms with Gasteiger partial charge in [-0.25, -0.2) is 0 Å². The minimum absolute atomic E-state index is 0.419. The van der Waals surface area contributed by atoms with Gasteiger partial charge >= 0.3 is 0 Å². The van der Waals surface area contributed by atoms with Gasteiger partial charge in [0.1, 0.15) is 24.7 Å². The first kappa shape index (κ1) is 41.6. The maximum Gasteiger partial charge on any atom is 0.162 e. The van der Waals surface area contributed by atoms with Crippen LogP contribution in [0.5, 0.6) is 23.0 Å². The summed E-state index contributed by atoms with van der Waals surface area (Å²) < 4.78 is 24.5. The molecule has 3 aromatic rings. The molecule has 0 fully saturated rings. The first-order valence-electron chi connectivity index (χ1n) is 20.1. The Morgan fingerprint density at radius 3 is 1.14 bits per heavy atom. The normalized spacial score (nSPS) is 11.1. The molecule has 0 radical (unpaired) electrons. The lowest BCUT2D eigenvalue weighted by Crippen LogP contribution is -2.02. The number of hydrogen-bond donors (Lipinski definition) is 0. The molecule has 0 bridgehead atoms. The second kappa shape index (κ2) is 27.8. The SMILES string of the molecule is CCCCCCCCCCCCOc1ccc(COc2ccc(CCl)cc2OCc2ccc(OCCCCCCCCCCCC)cc2)cc1. The van der Waals surface area contributed by atoms with Crippen molar-refractivity contribution in [2.75, 3.05) is 13.2 Å². The second-order valence-electron chi connectivity index (χ2n) is 13.8. The highest BCUT2D eigenvalue weighted by atomic mass is 35.5. The van der Waals surface area contributed by atoms with Gasteiger partial charge in [-0.15, -0.1) is 11.6 Å². The van der Waals surface area contributed by atoms with E-state index >= 15 is 0 Å². The van der Waals surface area contributed by atoms with Gasteiger partial charge in [0.15, 0.2) is 11.5 Å². The predicted octanol–water partition coefficient (Wildman–Crippen LogP) is 14.2. The van der Waals surface area contributed by atoms with Crippen LogP contribution in [0.3, 0.4) is 0 Å². The van der Waals surface area contributed by atoms with Crippen LogP contribution in [-0.4, -0.2) is 13.2 Å². The minimum Gasteiger partial charge on any atom is -0.494 e. The Kier molecular flexibility index (Phi) is 23.1. The Bertz CT molecular complexity index is 1230. The standard InChI is InChI=1S/C45H67ClO4/c1-3-5-7-9-11-13-15-17-19-21-33-47-42-28-23-39(24-29-42)37-49-44-32-27-41(36-46)35-45(44)50-38-40-25-30-43(31-26-40)48-34-22-20-18-16-14-12-10-8-6-4-2/h23-32,35H,3-22,33-34,36-38H2,1-2H3. The molecule has 3 aromatic carbocycles. The zero-order valence-electron chi connectivity index (χ0n) is 31.5. The molecule has 0 aliphatic carbocycles. The smallest absolute Gasteiger partial charge is 0.162 e. The van der Waals surface area contributed by atoms with Crippen LogP contribution < -0.4 is 18.9 Å². The second-order valence-corrected chi connectivity index (χ2v) is 14.1. The molecule has 0 amide bonds. The number of hydrogen-bond acceptors (Lipinski definition) is 4. The summed E-state index contributed by atoms with van der Waals surface area (Å²) in [5, 5.41) is 0. The maximum absolute atomic E-state index is 6.25. The Labute approximate surface area is 310 Å². The Balaban J connectivity index is 1.32. The number of ether oxygens (including phenoxy) is 4. The molecule has 0 heterocycles. The van der Waals surface area contributed by atoms with Gasteiger partial charge in [0.25, 0.3) is 0 Å². The van der Waals surface area contributed by atoms with Crippen molar-refractivity contribution in [3.8, 4) is 23.0 Å². The number of alkyl halides is 1. The third-order valence-electron chi connectivity index (χ3n) is 9.33. The number of halogens is 1. The summed E-state index contributed by atoms with van der Waals surface area (Å²) in [6, 6.07) is 22.3. The summed E-state index contributed by atoms with van der Waals surface area (Å²) >= 11 is 6.15. The third kappa shape index (κ3) is 18.9. The van der Waals surface area contributed by atoms with Crippen molar-refractivity contribution in [1.82, 2.24) is 0 Å². The molecule has 3 rings (SSSR count). The maximum atomic E-state index is 6.25. The van der Waals surface area contributed by atoms with Crippen molar-refractivity contribution in [1.29, 1.82) is 0 Å². The zero-order chi connectivity index (χ0) is 35.3. The van der Waals surface area contributed by atoms with E-state index in [9.17, 15) is 0 Å². The van der Waals surface area contributed by atoms with Crippen molar-refractivity contribution in [2.45, 2.75) is 161 Å².